The van der Waals surface area contributed by atoms with Crippen molar-refractivity contribution in [1.82, 2.24) is 4.72 Å². The van der Waals surface area contributed by atoms with Gasteiger partial charge in [0.1, 0.15) is 6.10 Å². The highest BCUT2D eigenvalue weighted by Crippen LogP contribution is 2.33. The molecule has 0 unspecified atom stereocenters. The van der Waals surface area contributed by atoms with Gasteiger partial charge in [-0.3, -0.25) is 0 Å². The molecule has 0 amide bonds. The third-order valence-electron chi connectivity index (χ3n) is 4.15. The average molecular weight is 361 g/mol. The Kier molecular flexibility index (Phi) is 4.97. The van der Waals surface area contributed by atoms with Gasteiger partial charge in [0.2, 0.25) is 10.0 Å². The van der Waals surface area contributed by atoms with Crippen LogP contribution >= 0.6 is 0 Å². The Balaban J connectivity index is 1.87. The van der Waals surface area contributed by atoms with Crippen LogP contribution in [0.1, 0.15) is 31.1 Å². The Morgan fingerprint density at radius 2 is 1.68 bits per heavy atom. The molecule has 1 fully saturated rings. The fourth-order valence-corrected chi connectivity index (χ4v) is 4.04. The summed E-state index contributed by atoms with van der Waals surface area (Å²) in [5, 5.41) is 0. The van der Waals surface area contributed by atoms with Gasteiger partial charge in [0.25, 0.3) is 0 Å². The summed E-state index contributed by atoms with van der Waals surface area (Å²) in [6, 6.07) is 15.8. The maximum Gasteiger partial charge on any atom is 0.240 e. The van der Waals surface area contributed by atoms with Crippen LogP contribution in [0.5, 0.6) is 0 Å². The maximum atomic E-state index is 12.7. The van der Waals surface area contributed by atoms with Crippen LogP contribution in [0.15, 0.2) is 59.5 Å². The normalized spacial score (nSPS) is 23.3. The van der Waals surface area contributed by atoms with E-state index in [1.165, 1.54) is 0 Å². The van der Waals surface area contributed by atoms with Gasteiger partial charge < -0.3 is 9.47 Å². The molecule has 0 aliphatic carbocycles. The largest absolute Gasteiger partial charge is 0.349 e. The molecule has 1 aliphatic heterocycles. The van der Waals surface area contributed by atoms with E-state index in [0.29, 0.717) is 0 Å². The molecular formula is C19H23NO4S. The number of benzene rings is 2. The molecule has 0 aromatic heterocycles. The van der Waals surface area contributed by atoms with E-state index in [2.05, 4.69) is 4.72 Å². The van der Waals surface area contributed by atoms with Crippen molar-refractivity contribution in [2.75, 3.05) is 6.61 Å². The fourth-order valence-electron chi connectivity index (χ4n) is 2.82. The number of aryl methyl sites for hydroxylation is 1. The van der Waals surface area contributed by atoms with Crippen molar-refractivity contribution >= 4 is 10.0 Å². The Morgan fingerprint density at radius 1 is 1.04 bits per heavy atom. The van der Waals surface area contributed by atoms with E-state index in [9.17, 15) is 8.42 Å². The van der Waals surface area contributed by atoms with Gasteiger partial charge in [0.15, 0.2) is 5.79 Å². The first-order chi connectivity index (χ1) is 11.8. The quantitative estimate of drug-likeness (QED) is 0.908. The van der Waals surface area contributed by atoms with Crippen LogP contribution in [0.25, 0.3) is 0 Å². The zero-order chi connectivity index (χ0) is 18.1. The number of hydrogen-bond donors (Lipinski definition) is 1. The molecule has 1 saturated heterocycles. The third kappa shape index (κ3) is 4.27. The molecule has 0 radical (unpaired) electrons. The van der Waals surface area contributed by atoms with E-state index < -0.39 is 28.0 Å². The summed E-state index contributed by atoms with van der Waals surface area (Å²) < 4.78 is 39.9. The number of ether oxygens (including phenoxy) is 2. The Labute approximate surface area is 149 Å². The molecule has 1 heterocycles. The first kappa shape index (κ1) is 18.1. The van der Waals surface area contributed by atoms with E-state index in [-0.39, 0.29) is 11.5 Å². The van der Waals surface area contributed by atoms with Crippen molar-refractivity contribution in [2.45, 2.75) is 43.6 Å². The molecule has 3 rings (SSSR count). The van der Waals surface area contributed by atoms with Crippen LogP contribution in [0.2, 0.25) is 0 Å². The summed E-state index contributed by atoms with van der Waals surface area (Å²) in [6.45, 7) is 5.80. The van der Waals surface area contributed by atoms with Gasteiger partial charge in [-0.05, 0) is 38.5 Å². The molecule has 1 aliphatic rings. The molecule has 0 bridgehead atoms. The van der Waals surface area contributed by atoms with Crippen LogP contribution in [-0.4, -0.2) is 26.9 Å². The van der Waals surface area contributed by atoms with Crippen LogP contribution in [0.3, 0.4) is 0 Å². The third-order valence-corrected chi connectivity index (χ3v) is 5.66. The van der Waals surface area contributed by atoms with Crippen molar-refractivity contribution < 1.29 is 17.9 Å². The topological polar surface area (TPSA) is 64.6 Å². The standard InChI is InChI=1S/C19H23NO4S/c1-14-9-11-16(12-10-14)25(21,22)20-17-13-23-19(2,3)24-18(17)15-7-5-4-6-8-15/h4-12,17-18,20H,13H2,1-3H3/t17-,18-/m0/s1. The predicted octanol–water partition coefficient (Wildman–Crippen LogP) is 3.17. The van der Waals surface area contributed by atoms with Crippen LogP contribution < -0.4 is 4.72 Å². The second kappa shape index (κ2) is 6.88. The fraction of sp³-hybridized carbons (Fsp3) is 0.368. The lowest BCUT2D eigenvalue weighted by Gasteiger charge is -2.41. The summed E-state index contributed by atoms with van der Waals surface area (Å²) in [7, 11) is -3.66. The Hall–Kier alpha value is -1.73. The minimum atomic E-state index is -3.66. The molecule has 6 heteroatoms. The smallest absolute Gasteiger partial charge is 0.240 e. The highest BCUT2D eigenvalue weighted by molar-refractivity contribution is 7.89. The molecule has 1 N–H and O–H groups in total. The van der Waals surface area contributed by atoms with Crippen LogP contribution in [-0.2, 0) is 19.5 Å². The Bertz CT molecular complexity index is 816. The minimum absolute atomic E-state index is 0.231. The molecule has 2 aromatic rings. The van der Waals surface area contributed by atoms with E-state index in [0.717, 1.165) is 11.1 Å². The van der Waals surface area contributed by atoms with Crippen molar-refractivity contribution in [3.8, 4) is 0 Å². The summed E-state index contributed by atoms with van der Waals surface area (Å²) in [6.07, 6.45) is -0.426. The first-order valence-electron chi connectivity index (χ1n) is 8.23. The van der Waals surface area contributed by atoms with Crippen molar-refractivity contribution in [3.05, 3.63) is 65.7 Å². The van der Waals surface area contributed by atoms with Gasteiger partial charge in [-0.2, -0.15) is 0 Å². The Morgan fingerprint density at radius 3 is 2.32 bits per heavy atom. The second-order valence-electron chi connectivity index (χ2n) is 6.70. The van der Waals surface area contributed by atoms with E-state index in [1.54, 1.807) is 24.3 Å². The lowest BCUT2D eigenvalue weighted by Crippen LogP contribution is -2.51. The van der Waals surface area contributed by atoms with Gasteiger partial charge in [-0.15, -0.1) is 0 Å². The maximum absolute atomic E-state index is 12.7. The minimum Gasteiger partial charge on any atom is -0.349 e. The first-order valence-corrected chi connectivity index (χ1v) is 9.71. The van der Waals surface area contributed by atoms with Gasteiger partial charge in [0.05, 0.1) is 17.5 Å². The van der Waals surface area contributed by atoms with Gasteiger partial charge >= 0.3 is 0 Å². The average Bonchev–Trinajstić information content (AvgIpc) is 2.57. The monoisotopic (exact) mass is 361 g/mol. The SMILES string of the molecule is Cc1ccc(S(=O)(=O)N[C@H]2COC(C)(C)O[C@H]2c2ccccc2)cc1. The molecule has 134 valence electrons. The number of rotatable bonds is 4. The van der Waals surface area contributed by atoms with E-state index in [1.807, 2.05) is 51.1 Å². The predicted molar refractivity (Wildman–Crippen MR) is 95.6 cm³/mol. The molecular weight excluding hydrogens is 338 g/mol. The highest BCUT2D eigenvalue weighted by atomic mass is 32.2. The van der Waals surface area contributed by atoms with Crippen LogP contribution in [0, 0.1) is 6.92 Å². The van der Waals surface area contributed by atoms with Crippen molar-refractivity contribution in [3.63, 3.8) is 0 Å². The zero-order valence-corrected chi connectivity index (χ0v) is 15.4. The summed E-state index contributed by atoms with van der Waals surface area (Å²) in [5.41, 5.74) is 1.92. The number of hydrogen-bond acceptors (Lipinski definition) is 4. The lowest BCUT2D eigenvalue weighted by atomic mass is 10.0. The molecule has 5 nitrogen and oxygen atoms in total. The number of sulfonamides is 1. The summed E-state index contributed by atoms with van der Waals surface area (Å²) in [4.78, 5) is 0.231. The van der Waals surface area contributed by atoms with Gasteiger partial charge in [-0.25, -0.2) is 13.1 Å². The van der Waals surface area contributed by atoms with E-state index in [4.69, 9.17) is 9.47 Å². The van der Waals surface area contributed by atoms with E-state index >= 15 is 0 Å². The second-order valence-corrected chi connectivity index (χ2v) is 8.41. The molecule has 2 aromatic carbocycles. The molecule has 0 saturated carbocycles. The summed E-state index contributed by atoms with van der Waals surface area (Å²) in [5.74, 6) is -0.772. The van der Waals surface area contributed by atoms with Crippen molar-refractivity contribution in [2.24, 2.45) is 0 Å². The number of nitrogens with one attached hydrogen (secondary N) is 1. The summed E-state index contributed by atoms with van der Waals surface area (Å²) >= 11 is 0. The van der Waals surface area contributed by atoms with Gasteiger partial charge in [0, 0.05) is 0 Å². The van der Waals surface area contributed by atoms with Gasteiger partial charge in [-0.1, -0.05) is 48.0 Å². The molecule has 2 atom stereocenters. The van der Waals surface area contributed by atoms with Crippen LogP contribution in [0.4, 0.5) is 0 Å². The lowest BCUT2D eigenvalue weighted by molar-refractivity contribution is -0.283. The van der Waals surface area contributed by atoms with Crippen molar-refractivity contribution in [1.29, 1.82) is 0 Å². The molecule has 25 heavy (non-hydrogen) atoms. The highest BCUT2D eigenvalue weighted by Gasteiger charge is 2.39. The molecule has 0 spiro atoms. The zero-order valence-electron chi connectivity index (χ0n) is 14.6.